The van der Waals surface area contributed by atoms with Gasteiger partial charge in [-0.15, -0.1) is 0 Å². The quantitative estimate of drug-likeness (QED) is 0.505. The summed E-state index contributed by atoms with van der Waals surface area (Å²) in [6.07, 6.45) is 3.93. The van der Waals surface area contributed by atoms with Crippen LogP contribution in [-0.2, 0) is 4.74 Å². The predicted molar refractivity (Wildman–Crippen MR) is 116 cm³/mol. The maximum absolute atomic E-state index is 10.1. The lowest BCUT2D eigenvalue weighted by molar-refractivity contribution is 0.245. The summed E-state index contributed by atoms with van der Waals surface area (Å²) in [7, 11) is 1.66. The maximum atomic E-state index is 10.1. The van der Waals surface area contributed by atoms with Gasteiger partial charge in [-0.1, -0.05) is 30.9 Å². The van der Waals surface area contributed by atoms with E-state index in [1.807, 2.05) is 51.1 Å². The summed E-state index contributed by atoms with van der Waals surface area (Å²) >= 11 is 0. The third-order valence-electron chi connectivity index (χ3n) is 5.43. The number of phenols is 2. The monoisotopic (exact) mass is 392 g/mol. The Balaban J connectivity index is 2.07. The second-order valence-corrected chi connectivity index (χ2v) is 7.59. The van der Waals surface area contributed by atoms with Crippen molar-refractivity contribution in [1.29, 1.82) is 0 Å². The SMILES string of the molecule is C=C(/C=C\C(OC)=C(C)C)[C@H]1c2ccc(O)c(C)c2OC[C@H]1c1ccc(O)cc1. The van der Waals surface area contributed by atoms with Crippen molar-refractivity contribution in [3.05, 3.63) is 88.7 Å². The van der Waals surface area contributed by atoms with Gasteiger partial charge in [-0.2, -0.15) is 0 Å². The van der Waals surface area contributed by atoms with Gasteiger partial charge in [0.1, 0.15) is 23.0 Å². The molecule has 0 aliphatic carbocycles. The Bertz CT molecular complexity index is 963. The lowest BCUT2D eigenvalue weighted by Crippen LogP contribution is -2.25. The molecule has 2 atom stereocenters. The molecule has 29 heavy (non-hydrogen) atoms. The first-order chi connectivity index (χ1) is 13.8. The van der Waals surface area contributed by atoms with Gasteiger partial charge in [0.15, 0.2) is 0 Å². The predicted octanol–water partition coefficient (Wildman–Crippen LogP) is 5.72. The topological polar surface area (TPSA) is 58.9 Å². The van der Waals surface area contributed by atoms with Crippen LogP contribution in [0.1, 0.15) is 42.4 Å². The van der Waals surface area contributed by atoms with E-state index in [2.05, 4.69) is 6.58 Å². The van der Waals surface area contributed by atoms with Gasteiger partial charge in [0.25, 0.3) is 0 Å². The summed E-state index contributed by atoms with van der Waals surface area (Å²) in [5.41, 5.74) is 4.80. The van der Waals surface area contributed by atoms with E-state index in [1.165, 1.54) is 0 Å². The fraction of sp³-hybridized carbons (Fsp3) is 0.280. The molecule has 0 fully saturated rings. The molecule has 2 N–H and O–H groups in total. The Morgan fingerprint density at radius 2 is 1.79 bits per heavy atom. The van der Waals surface area contributed by atoms with E-state index in [4.69, 9.17) is 9.47 Å². The van der Waals surface area contributed by atoms with Crippen molar-refractivity contribution in [2.45, 2.75) is 32.6 Å². The highest BCUT2D eigenvalue weighted by molar-refractivity contribution is 5.56. The van der Waals surface area contributed by atoms with Gasteiger partial charge in [-0.25, -0.2) is 0 Å². The number of methoxy groups -OCH3 is 1. The summed E-state index contributed by atoms with van der Waals surface area (Å²) in [5, 5.41) is 19.8. The lowest BCUT2D eigenvalue weighted by Gasteiger charge is -2.35. The van der Waals surface area contributed by atoms with Crippen LogP contribution in [0, 0.1) is 6.92 Å². The molecule has 4 nitrogen and oxygen atoms in total. The van der Waals surface area contributed by atoms with E-state index < -0.39 is 0 Å². The van der Waals surface area contributed by atoms with E-state index in [9.17, 15) is 10.2 Å². The molecule has 0 unspecified atom stereocenters. The van der Waals surface area contributed by atoms with Crippen molar-refractivity contribution < 1.29 is 19.7 Å². The van der Waals surface area contributed by atoms with Gasteiger partial charge in [-0.05, 0) is 61.8 Å². The number of benzene rings is 2. The minimum Gasteiger partial charge on any atom is -0.508 e. The van der Waals surface area contributed by atoms with Crippen molar-refractivity contribution in [2.75, 3.05) is 13.7 Å². The van der Waals surface area contributed by atoms with Crippen LogP contribution in [0.3, 0.4) is 0 Å². The zero-order valence-corrected chi connectivity index (χ0v) is 17.4. The largest absolute Gasteiger partial charge is 0.508 e. The zero-order valence-electron chi connectivity index (χ0n) is 17.4. The van der Waals surface area contributed by atoms with Crippen molar-refractivity contribution >= 4 is 0 Å². The molecule has 1 aliphatic rings. The van der Waals surface area contributed by atoms with Crippen LogP contribution in [0.25, 0.3) is 0 Å². The molecule has 0 aromatic heterocycles. The Morgan fingerprint density at radius 3 is 2.41 bits per heavy atom. The van der Waals surface area contributed by atoms with Crippen molar-refractivity contribution in [1.82, 2.24) is 0 Å². The molecule has 0 amide bonds. The molecule has 2 aromatic carbocycles. The Labute approximate surface area is 172 Å². The van der Waals surface area contributed by atoms with Gasteiger partial charge in [0, 0.05) is 23.0 Å². The molecule has 0 spiro atoms. The van der Waals surface area contributed by atoms with Gasteiger partial charge >= 0.3 is 0 Å². The highest BCUT2D eigenvalue weighted by Gasteiger charge is 2.34. The fourth-order valence-corrected chi connectivity index (χ4v) is 3.82. The average molecular weight is 392 g/mol. The fourth-order valence-electron chi connectivity index (χ4n) is 3.82. The van der Waals surface area contributed by atoms with E-state index in [1.54, 1.807) is 25.3 Å². The Kier molecular flexibility index (Phi) is 6.02. The molecule has 3 rings (SSSR count). The van der Waals surface area contributed by atoms with Crippen LogP contribution in [0.4, 0.5) is 0 Å². The summed E-state index contributed by atoms with van der Waals surface area (Å²) in [5.74, 6) is 1.97. The maximum Gasteiger partial charge on any atom is 0.129 e. The van der Waals surface area contributed by atoms with Crippen LogP contribution in [-0.4, -0.2) is 23.9 Å². The van der Waals surface area contributed by atoms with E-state index in [0.29, 0.717) is 12.4 Å². The van der Waals surface area contributed by atoms with Crippen LogP contribution in [0.15, 0.2) is 72.0 Å². The molecule has 0 bridgehead atoms. The minimum atomic E-state index is -0.0332. The molecule has 4 heteroatoms. The van der Waals surface area contributed by atoms with Crippen molar-refractivity contribution in [3.63, 3.8) is 0 Å². The molecule has 0 radical (unpaired) electrons. The van der Waals surface area contributed by atoms with Crippen molar-refractivity contribution in [2.24, 2.45) is 0 Å². The van der Waals surface area contributed by atoms with Crippen LogP contribution < -0.4 is 4.74 Å². The molecule has 1 heterocycles. The van der Waals surface area contributed by atoms with Crippen LogP contribution in [0.2, 0.25) is 0 Å². The average Bonchev–Trinajstić information content (AvgIpc) is 2.70. The Morgan fingerprint density at radius 1 is 1.10 bits per heavy atom. The molecule has 0 saturated heterocycles. The number of hydrogen-bond acceptors (Lipinski definition) is 4. The third kappa shape index (κ3) is 4.16. The van der Waals surface area contributed by atoms with E-state index >= 15 is 0 Å². The number of fused-ring (bicyclic) bond motifs is 1. The third-order valence-corrected chi connectivity index (χ3v) is 5.43. The first kappa shape index (κ1) is 20.6. The number of ether oxygens (including phenoxy) is 2. The molecule has 1 aliphatic heterocycles. The van der Waals surface area contributed by atoms with Gasteiger partial charge < -0.3 is 19.7 Å². The smallest absolute Gasteiger partial charge is 0.129 e. The first-order valence-corrected chi connectivity index (χ1v) is 9.66. The number of allylic oxidation sites excluding steroid dienone is 4. The van der Waals surface area contributed by atoms with E-state index in [0.717, 1.165) is 33.6 Å². The van der Waals surface area contributed by atoms with Crippen molar-refractivity contribution in [3.8, 4) is 17.2 Å². The number of aromatic hydroxyl groups is 2. The molecule has 152 valence electrons. The normalized spacial score (nSPS) is 18.1. The second kappa shape index (κ2) is 8.48. The summed E-state index contributed by atoms with van der Waals surface area (Å²) in [6.45, 7) is 10.7. The van der Waals surface area contributed by atoms with Gasteiger partial charge in [0.2, 0.25) is 0 Å². The summed E-state index contributed by atoms with van der Waals surface area (Å²) in [4.78, 5) is 0. The van der Waals surface area contributed by atoms with Gasteiger partial charge in [-0.3, -0.25) is 0 Å². The number of phenolic OH excluding ortho intramolecular Hbond substituents is 2. The van der Waals surface area contributed by atoms with E-state index in [-0.39, 0.29) is 23.3 Å². The van der Waals surface area contributed by atoms with Crippen LogP contribution >= 0.6 is 0 Å². The van der Waals surface area contributed by atoms with Crippen LogP contribution in [0.5, 0.6) is 17.2 Å². The molecular formula is C25H28O4. The molecule has 0 saturated carbocycles. The number of hydrogen-bond donors (Lipinski definition) is 2. The number of rotatable bonds is 5. The molecular weight excluding hydrogens is 364 g/mol. The molecule has 2 aromatic rings. The first-order valence-electron chi connectivity index (χ1n) is 9.66. The standard InChI is InChI=1S/C25H28O4/c1-15(2)23(28-5)13-6-16(3)24-20-11-12-22(27)17(4)25(20)29-14-21(24)18-7-9-19(26)10-8-18/h6-13,21,24,26-27H,3,14H2,1-2,4-5H3/b13-6-/t21-,24-/m0/s1. The zero-order chi connectivity index (χ0) is 21.1. The van der Waals surface area contributed by atoms with Gasteiger partial charge in [0.05, 0.1) is 13.7 Å². The highest BCUT2D eigenvalue weighted by Crippen LogP contribution is 2.48. The summed E-state index contributed by atoms with van der Waals surface area (Å²) in [6, 6.07) is 10.8. The summed E-state index contributed by atoms with van der Waals surface area (Å²) < 4.78 is 11.5. The lowest BCUT2D eigenvalue weighted by atomic mass is 9.75. The second-order valence-electron chi connectivity index (χ2n) is 7.59. The minimum absolute atomic E-state index is 0.0295. The Hall–Kier alpha value is -3.14. The highest BCUT2D eigenvalue weighted by atomic mass is 16.5.